The van der Waals surface area contributed by atoms with E-state index in [1.54, 1.807) is 0 Å². The molecule has 4 heteroatoms. The van der Waals surface area contributed by atoms with Gasteiger partial charge in [0, 0.05) is 12.0 Å². The van der Waals surface area contributed by atoms with Crippen LogP contribution in [0.15, 0.2) is 24.3 Å². The van der Waals surface area contributed by atoms with Crippen molar-refractivity contribution in [3.63, 3.8) is 0 Å². The topological polar surface area (TPSA) is 27.7 Å². The van der Waals surface area contributed by atoms with Gasteiger partial charge in [-0.1, -0.05) is 24.3 Å². The van der Waals surface area contributed by atoms with E-state index in [1.807, 2.05) is 12.1 Å². The Morgan fingerprint density at radius 3 is 2.69 bits per heavy atom. The monoisotopic (exact) mass is 236 g/mol. The lowest BCUT2D eigenvalue weighted by Gasteiger charge is -2.45. The van der Waals surface area contributed by atoms with Gasteiger partial charge in [0.15, 0.2) is 14.4 Å². The Morgan fingerprint density at radius 2 is 2.06 bits per heavy atom. The third-order valence-electron chi connectivity index (χ3n) is 2.97. The average molecular weight is 236 g/mol. The Bertz CT molecular complexity index is 427. The summed E-state index contributed by atoms with van der Waals surface area (Å²) in [7, 11) is -1.66. The molecular formula is C12H16O3Si. The average Bonchev–Trinajstić information content (AvgIpc) is 2.38. The first kappa shape index (κ1) is 10.5. The number of hydrogen-bond donors (Lipinski definition) is 0. The lowest BCUT2D eigenvalue weighted by Crippen LogP contribution is -2.56. The predicted octanol–water partition coefficient (Wildman–Crippen LogP) is 2.58. The fraction of sp³-hybridized carbons (Fsp3) is 0.500. The molecule has 2 aliphatic rings. The van der Waals surface area contributed by atoms with Crippen LogP contribution < -0.4 is 0 Å². The van der Waals surface area contributed by atoms with Gasteiger partial charge in [-0.05, 0) is 25.2 Å². The van der Waals surface area contributed by atoms with Crippen LogP contribution in [-0.2, 0) is 26.4 Å². The molecule has 16 heavy (non-hydrogen) atoms. The summed E-state index contributed by atoms with van der Waals surface area (Å²) in [6, 6.07) is 8.28. The van der Waals surface area contributed by atoms with Gasteiger partial charge in [0.25, 0.3) is 0 Å². The smallest absolute Gasteiger partial charge is 0.249 e. The van der Waals surface area contributed by atoms with E-state index in [4.69, 9.17) is 14.2 Å². The van der Waals surface area contributed by atoms with Crippen molar-refractivity contribution in [3.8, 4) is 0 Å². The second-order valence-corrected chi connectivity index (χ2v) is 9.84. The Morgan fingerprint density at radius 1 is 1.31 bits per heavy atom. The number of hydrogen-bond acceptors (Lipinski definition) is 3. The Balaban J connectivity index is 2.01. The van der Waals surface area contributed by atoms with Gasteiger partial charge in [0.05, 0.1) is 0 Å². The second-order valence-electron chi connectivity index (χ2n) is 5.41. The minimum atomic E-state index is -1.66. The maximum absolute atomic E-state index is 6.20. The SMILES string of the molecule is C[Si](C)(C)O[C@]12OO[C@H]1Cc1ccccc12. The molecule has 0 N–H and O–H groups in total. The summed E-state index contributed by atoms with van der Waals surface area (Å²) in [5.41, 5.74) is 2.43. The molecule has 0 spiro atoms. The molecule has 1 aliphatic heterocycles. The Kier molecular flexibility index (Phi) is 2.07. The van der Waals surface area contributed by atoms with Gasteiger partial charge in [-0.25, -0.2) is 4.89 Å². The summed E-state index contributed by atoms with van der Waals surface area (Å²) in [6.45, 7) is 6.50. The molecule has 1 fully saturated rings. The van der Waals surface area contributed by atoms with E-state index in [0.717, 1.165) is 12.0 Å². The molecule has 0 amide bonds. The molecule has 1 aromatic rings. The zero-order chi connectivity index (χ0) is 11.4. The van der Waals surface area contributed by atoms with Gasteiger partial charge < -0.3 is 4.43 Å². The molecule has 3 rings (SSSR count). The van der Waals surface area contributed by atoms with Crippen LogP contribution in [0.25, 0.3) is 0 Å². The van der Waals surface area contributed by atoms with Crippen LogP contribution in [0.4, 0.5) is 0 Å². The molecule has 0 aromatic heterocycles. The zero-order valence-corrected chi connectivity index (χ0v) is 10.8. The maximum atomic E-state index is 6.20. The molecule has 86 valence electrons. The summed E-state index contributed by atoms with van der Waals surface area (Å²) in [5.74, 6) is -0.610. The highest BCUT2D eigenvalue weighted by Crippen LogP contribution is 2.50. The molecule has 0 radical (unpaired) electrons. The van der Waals surface area contributed by atoms with Gasteiger partial charge >= 0.3 is 0 Å². The van der Waals surface area contributed by atoms with Crippen LogP contribution in [0.2, 0.25) is 19.6 Å². The van der Waals surface area contributed by atoms with E-state index >= 15 is 0 Å². The van der Waals surface area contributed by atoms with E-state index in [2.05, 4.69) is 31.8 Å². The zero-order valence-electron chi connectivity index (χ0n) is 9.82. The van der Waals surface area contributed by atoms with Crippen molar-refractivity contribution in [2.24, 2.45) is 0 Å². The fourth-order valence-electron chi connectivity index (χ4n) is 2.42. The van der Waals surface area contributed by atoms with Crippen molar-refractivity contribution in [1.82, 2.24) is 0 Å². The third-order valence-corrected chi connectivity index (χ3v) is 3.88. The van der Waals surface area contributed by atoms with Crippen molar-refractivity contribution >= 4 is 8.32 Å². The summed E-state index contributed by atoms with van der Waals surface area (Å²) in [4.78, 5) is 10.5. The van der Waals surface area contributed by atoms with Gasteiger partial charge in [-0.2, -0.15) is 4.89 Å². The van der Waals surface area contributed by atoms with E-state index in [-0.39, 0.29) is 6.10 Å². The van der Waals surface area contributed by atoms with Gasteiger partial charge in [-0.3, -0.25) is 0 Å². The van der Waals surface area contributed by atoms with Crippen LogP contribution >= 0.6 is 0 Å². The van der Waals surface area contributed by atoms with E-state index in [0.29, 0.717) is 0 Å². The summed E-state index contributed by atoms with van der Waals surface area (Å²) in [6.07, 6.45) is 0.928. The van der Waals surface area contributed by atoms with Crippen molar-refractivity contribution in [2.75, 3.05) is 0 Å². The maximum Gasteiger partial charge on any atom is 0.249 e. The van der Waals surface area contributed by atoms with Gasteiger partial charge in [0.1, 0.15) is 0 Å². The first-order chi connectivity index (χ1) is 7.51. The molecule has 3 nitrogen and oxygen atoms in total. The Hall–Kier alpha value is -0.683. The number of benzene rings is 1. The largest absolute Gasteiger partial charge is 0.383 e. The summed E-state index contributed by atoms with van der Waals surface area (Å²) in [5, 5.41) is 0. The normalized spacial score (nSPS) is 31.8. The minimum Gasteiger partial charge on any atom is -0.383 e. The van der Waals surface area contributed by atoms with Crippen molar-refractivity contribution in [3.05, 3.63) is 35.4 Å². The van der Waals surface area contributed by atoms with Gasteiger partial charge in [-0.15, -0.1) is 0 Å². The van der Waals surface area contributed by atoms with E-state index in [1.165, 1.54) is 5.56 Å². The van der Waals surface area contributed by atoms with Crippen LogP contribution in [0.5, 0.6) is 0 Å². The highest BCUT2D eigenvalue weighted by Gasteiger charge is 2.60. The van der Waals surface area contributed by atoms with Crippen LogP contribution in [0.1, 0.15) is 11.1 Å². The molecule has 1 aliphatic carbocycles. The highest BCUT2D eigenvalue weighted by molar-refractivity contribution is 6.69. The van der Waals surface area contributed by atoms with Gasteiger partial charge in [0.2, 0.25) is 5.79 Å². The van der Waals surface area contributed by atoms with Crippen molar-refractivity contribution in [2.45, 2.75) is 38.0 Å². The van der Waals surface area contributed by atoms with E-state index in [9.17, 15) is 0 Å². The molecule has 1 saturated heterocycles. The van der Waals surface area contributed by atoms with E-state index < -0.39 is 14.1 Å². The lowest BCUT2D eigenvalue weighted by atomic mass is 10.1. The molecule has 0 saturated carbocycles. The summed E-state index contributed by atoms with van der Waals surface area (Å²) >= 11 is 0. The number of fused-ring (bicyclic) bond motifs is 3. The standard InChI is InChI=1S/C12H16O3Si/c1-16(2,3)15-12-10-7-5-4-6-9(10)8-11(12)13-14-12/h4-7,11H,8H2,1-3H3/t11-,12-/m0/s1. The van der Waals surface area contributed by atoms with Crippen molar-refractivity contribution in [1.29, 1.82) is 0 Å². The molecule has 2 atom stereocenters. The summed E-state index contributed by atoms with van der Waals surface area (Å²) < 4.78 is 6.20. The minimum absolute atomic E-state index is 0.0385. The first-order valence-corrected chi connectivity index (χ1v) is 9.05. The molecule has 0 unspecified atom stereocenters. The quantitative estimate of drug-likeness (QED) is 0.583. The third kappa shape index (κ3) is 1.38. The Labute approximate surface area is 96.4 Å². The fourth-order valence-corrected chi connectivity index (χ4v) is 3.61. The number of rotatable bonds is 2. The molecule has 1 aromatic carbocycles. The van der Waals surface area contributed by atoms with Crippen molar-refractivity contribution < 1.29 is 14.2 Å². The lowest BCUT2D eigenvalue weighted by molar-refractivity contribution is -0.564. The predicted molar refractivity (Wildman–Crippen MR) is 62.2 cm³/mol. The molecule has 1 heterocycles. The van der Waals surface area contributed by atoms with Crippen LogP contribution in [0, 0.1) is 0 Å². The van der Waals surface area contributed by atoms with Crippen LogP contribution in [0.3, 0.4) is 0 Å². The van der Waals surface area contributed by atoms with Crippen LogP contribution in [-0.4, -0.2) is 14.4 Å². The molecular weight excluding hydrogens is 220 g/mol. The highest BCUT2D eigenvalue weighted by atomic mass is 28.4. The second kappa shape index (κ2) is 3.17. The first-order valence-electron chi connectivity index (χ1n) is 5.64. The molecule has 0 bridgehead atoms.